The van der Waals surface area contributed by atoms with Crippen LogP contribution in [0.2, 0.25) is 0 Å². The van der Waals surface area contributed by atoms with E-state index in [-0.39, 0.29) is 18.4 Å². The molecule has 1 atom stereocenters. The molecule has 1 fully saturated rings. The van der Waals surface area contributed by atoms with E-state index in [9.17, 15) is 4.79 Å². The van der Waals surface area contributed by atoms with Crippen LogP contribution in [-0.2, 0) is 0 Å². The summed E-state index contributed by atoms with van der Waals surface area (Å²) in [6.07, 6.45) is 5.19. The Hall–Kier alpha value is -1.62. The van der Waals surface area contributed by atoms with Gasteiger partial charge in [-0.15, -0.1) is 0 Å². The van der Waals surface area contributed by atoms with E-state index in [0.717, 1.165) is 25.1 Å². The van der Waals surface area contributed by atoms with Gasteiger partial charge >= 0.3 is 0 Å². The summed E-state index contributed by atoms with van der Waals surface area (Å²) in [7, 11) is 0. The van der Waals surface area contributed by atoms with E-state index >= 15 is 0 Å². The van der Waals surface area contributed by atoms with Crippen LogP contribution < -0.4 is 5.32 Å². The predicted molar refractivity (Wildman–Crippen MR) is 74.1 cm³/mol. The number of anilines is 1. The number of hydrogen-bond acceptors (Lipinski definition) is 4. The molecule has 2 N–H and O–H groups in total. The van der Waals surface area contributed by atoms with Gasteiger partial charge in [-0.25, -0.2) is 0 Å². The lowest BCUT2D eigenvalue weighted by molar-refractivity contribution is 0.0782. The zero-order valence-corrected chi connectivity index (χ0v) is 11.3. The van der Waals surface area contributed by atoms with E-state index in [2.05, 4.69) is 17.2 Å². The van der Waals surface area contributed by atoms with Crippen molar-refractivity contribution in [1.82, 2.24) is 9.88 Å². The molecule has 19 heavy (non-hydrogen) atoms. The molecule has 1 unspecified atom stereocenters. The van der Waals surface area contributed by atoms with Crippen molar-refractivity contribution in [1.29, 1.82) is 0 Å². The summed E-state index contributed by atoms with van der Waals surface area (Å²) in [4.78, 5) is 18.3. The lowest BCUT2D eigenvalue weighted by Gasteiger charge is -2.18. The summed E-state index contributed by atoms with van der Waals surface area (Å²) < 4.78 is 0. The van der Waals surface area contributed by atoms with Gasteiger partial charge in [-0.05, 0) is 18.9 Å². The van der Waals surface area contributed by atoms with Gasteiger partial charge in [0.2, 0.25) is 0 Å². The van der Waals surface area contributed by atoms with Gasteiger partial charge in [-0.3, -0.25) is 9.78 Å². The van der Waals surface area contributed by atoms with Crippen molar-refractivity contribution in [3.63, 3.8) is 0 Å². The van der Waals surface area contributed by atoms with E-state index in [1.165, 1.54) is 0 Å². The molecule has 104 valence electrons. The minimum atomic E-state index is 0.00246. The average Bonchev–Trinajstić information content (AvgIpc) is 2.93. The van der Waals surface area contributed by atoms with Gasteiger partial charge in [-0.1, -0.05) is 6.92 Å². The van der Waals surface area contributed by atoms with Crippen molar-refractivity contribution in [2.75, 3.05) is 31.6 Å². The lowest BCUT2D eigenvalue weighted by Crippen LogP contribution is -2.30. The zero-order chi connectivity index (χ0) is 13.7. The standard InChI is InChI=1S/C14H21N3O2/c1-2-5-16-13-3-6-15-8-12(13)14(19)17-7-4-11(9-17)10-18/h3,6,8,11,18H,2,4-5,7,9-10H2,1H3,(H,15,16). The highest BCUT2D eigenvalue weighted by molar-refractivity contribution is 5.99. The third kappa shape index (κ3) is 3.23. The largest absolute Gasteiger partial charge is 0.396 e. The van der Waals surface area contributed by atoms with Crippen molar-refractivity contribution < 1.29 is 9.90 Å². The number of aliphatic hydroxyl groups excluding tert-OH is 1. The number of aliphatic hydroxyl groups is 1. The fourth-order valence-corrected chi connectivity index (χ4v) is 2.32. The minimum Gasteiger partial charge on any atom is -0.396 e. The molecule has 2 rings (SSSR count). The summed E-state index contributed by atoms with van der Waals surface area (Å²) in [5.41, 5.74) is 1.46. The number of pyridine rings is 1. The van der Waals surface area contributed by atoms with E-state index in [0.29, 0.717) is 18.7 Å². The second kappa shape index (κ2) is 6.52. The molecule has 5 nitrogen and oxygen atoms in total. The first-order valence-electron chi connectivity index (χ1n) is 6.84. The van der Waals surface area contributed by atoms with Crippen LogP contribution in [0, 0.1) is 5.92 Å². The molecule has 0 spiro atoms. The van der Waals surface area contributed by atoms with Crippen molar-refractivity contribution in [2.24, 2.45) is 5.92 Å². The topological polar surface area (TPSA) is 65.5 Å². The van der Waals surface area contributed by atoms with Crippen molar-refractivity contribution >= 4 is 11.6 Å². The second-order valence-corrected chi connectivity index (χ2v) is 4.94. The molecule has 0 aliphatic carbocycles. The highest BCUT2D eigenvalue weighted by Gasteiger charge is 2.27. The number of aromatic nitrogens is 1. The smallest absolute Gasteiger partial charge is 0.257 e. The summed E-state index contributed by atoms with van der Waals surface area (Å²) in [6, 6.07) is 1.84. The molecule has 0 saturated carbocycles. The molecule has 0 bridgehead atoms. The van der Waals surface area contributed by atoms with Gasteiger partial charge in [0, 0.05) is 44.6 Å². The number of carbonyl (C=O) groups excluding carboxylic acids is 1. The van der Waals surface area contributed by atoms with Gasteiger partial charge in [0.1, 0.15) is 0 Å². The van der Waals surface area contributed by atoms with Crippen LogP contribution in [-0.4, -0.2) is 47.1 Å². The number of nitrogens with zero attached hydrogens (tertiary/aromatic N) is 2. The maximum atomic E-state index is 12.5. The molecule has 0 aromatic carbocycles. The Balaban J connectivity index is 2.10. The van der Waals surface area contributed by atoms with Crippen LogP contribution in [0.1, 0.15) is 30.1 Å². The average molecular weight is 263 g/mol. The van der Waals surface area contributed by atoms with Gasteiger partial charge in [0.15, 0.2) is 0 Å². The summed E-state index contributed by atoms with van der Waals surface area (Å²) >= 11 is 0. The second-order valence-electron chi connectivity index (χ2n) is 4.94. The fraction of sp³-hybridized carbons (Fsp3) is 0.571. The molecule has 2 heterocycles. The molecule has 0 radical (unpaired) electrons. The third-order valence-corrected chi connectivity index (χ3v) is 3.45. The number of likely N-dealkylation sites (tertiary alicyclic amines) is 1. The van der Waals surface area contributed by atoms with Gasteiger partial charge < -0.3 is 15.3 Å². The first-order chi connectivity index (χ1) is 9.26. The van der Waals surface area contributed by atoms with Gasteiger partial charge in [0.25, 0.3) is 5.91 Å². The first kappa shape index (κ1) is 13.8. The normalized spacial score (nSPS) is 18.6. The van der Waals surface area contributed by atoms with Crippen LogP contribution in [0.25, 0.3) is 0 Å². The number of amides is 1. The summed E-state index contributed by atoms with van der Waals surface area (Å²) in [5.74, 6) is 0.218. The van der Waals surface area contributed by atoms with Crippen LogP contribution in [0.3, 0.4) is 0 Å². The lowest BCUT2D eigenvalue weighted by atomic mass is 10.1. The Kier molecular flexibility index (Phi) is 4.74. The van der Waals surface area contributed by atoms with Crippen molar-refractivity contribution in [3.8, 4) is 0 Å². The Labute approximate surface area is 113 Å². The van der Waals surface area contributed by atoms with E-state index in [1.807, 2.05) is 6.07 Å². The molecule has 1 aliphatic rings. The monoisotopic (exact) mass is 263 g/mol. The Morgan fingerprint density at radius 1 is 1.63 bits per heavy atom. The molecular weight excluding hydrogens is 242 g/mol. The molecule has 1 aliphatic heterocycles. The maximum absolute atomic E-state index is 12.5. The van der Waals surface area contributed by atoms with Crippen LogP contribution in [0.4, 0.5) is 5.69 Å². The van der Waals surface area contributed by atoms with Gasteiger partial charge in [-0.2, -0.15) is 0 Å². The van der Waals surface area contributed by atoms with E-state index < -0.39 is 0 Å². The van der Waals surface area contributed by atoms with Gasteiger partial charge in [0.05, 0.1) is 11.3 Å². The minimum absolute atomic E-state index is 0.00246. The van der Waals surface area contributed by atoms with E-state index in [1.54, 1.807) is 17.3 Å². The number of carbonyl (C=O) groups is 1. The van der Waals surface area contributed by atoms with Crippen molar-refractivity contribution in [2.45, 2.75) is 19.8 Å². The highest BCUT2D eigenvalue weighted by atomic mass is 16.3. The number of hydrogen-bond donors (Lipinski definition) is 2. The van der Waals surface area contributed by atoms with Crippen LogP contribution >= 0.6 is 0 Å². The molecule has 1 amide bonds. The number of rotatable bonds is 5. The summed E-state index contributed by atoms with van der Waals surface area (Å²) in [5, 5.41) is 12.4. The molecule has 1 saturated heterocycles. The first-order valence-corrected chi connectivity index (χ1v) is 6.84. The summed E-state index contributed by atoms with van der Waals surface area (Å²) in [6.45, 7) is 4.42. The van der Waals surface area contributed by atoms with Crippen molar-refractivity contribution in [3.05, 3.63) is 24.0 Å². The SMILES string of the molecule is CCCNc1ccncc1C(=O)N1CCC(CO)C1. The predicted octanol–water partition coefficient (Wildman–Crippen LogP) is 1.36. The number of nitrogens with one attached hydrogen (secondary N) is 1. The van der Waals surface area contributed by atoms with E-state index in [4.69, 9.17) is 5.11 Å². The van der Waals surface area contributed by atoms with Crippen LogP contribution in [0.5, 0.6) is 0 Å². The Bertz CT molecular complexity index is 436. The fourth-order valence-electron chi connectivity index (χ4n) is 2.32. The molecule has 5 heteroatoms. The quantitative estimate of drug-likeness (QED) is 0.842. The Morgan fingerprint density at radius 2 is 2.47 bits per heavy atom. The zero-order valence-electron chi connectivity index (χ0n) is 11.3. The highest BCUT2D eigenvalue weighted by Crippen LogP contribution is 2.21. The molecule has 1 aromatic rings. The Morgan fingerprint density at radius 3 is 3.16 bits per heavy atom. The maximum Gasteiger partial charge on any atom is 0.257 e. The van der Waals surface area contributed by atoms with Crippen LogP contribution in [0.15, 0.2) is 18.5 Å². The third-order valence-electron chi connectivity index (χ3n) is 3.45. The molecular formula is C14H21N3O2. The molecule has 1 aromatic heterocycles.